The first-order valence-electron chi connectivity index (χ1n) is 8.14. The Kier molecular flexibility index (Phi) is 4.84. The summed E-state index contributed by atoms with van der Waals surface area (Å²) in [6, 6.07) is 17.6. The number of halogens is 1. The minimum Gasteiger partial charge on any atom is -0.333 e. The number of amides is 1. The number of aromatic nitrogens is 1. The molecule has 1 aliphatic heterocycles. The van der Waals surface area contributed by atoms with Crippen molar-refractivity contribution in [3.05, 3.63) is 69.7 Å². The molecule has 3 aromatic rings. The highest BCUT2D eigenvalue weighted by Crippen LogP contribution is 2.31. The number of fused-ring (bicyclic) bond motifs is 1. The van der Waals surface area contributed by atoms with E-state index in [4.69, 9.17) is 5.26 Å². The predicted octanol–water partition coefficient (Wildman–Crippen LogP) is 4.82. The highest BCUT2D eigenvalue weighted by molar-refractivity contribution is 9.10. The Morgan fingerprint density at radius 1 is 1.22 bits per heavy atom. The van der Waals surface area contributed by atoms with Gasteiger partial charge in [-0.1, -0.05) is 34.1 Å². The maximum atomic E-state index is 12.4. The number of carbonyl (C=O) groups is 1. The fourth-order valence-corrected chi connectivity index (χ4v) is 3.95. The first-order valence-corrected chi connectivity index (χ1v) is 9.75. The number of aliphatic imine (C=N–C) groups is 1. The van der Waals surface area contributed by atoms with Gasteiger partial charge in [-0.05, 0) is 48.2 Å². The minimum absolute atomic E-state index is 0.173. The average Bonchev–Trinajstić information content (AvgIpc) is 3.19. The summed E-state index contributed by atoms with van der Waals surface area (Å²) >= 11 is 4.70. The van der Waals surface area contributed by atoms with E-state index in [1.807, 2.05) is 65.4 Å². The van der Waals surface area contributed by atoms with E-state index in [1.165, 1.54) is 11.8 Å². The fraction of sp³-hybridized carbons (Fsp3) is 0.0500. The summed E-state index contributed by atoms with van der Waals surface area (Å²) < 4.78 is 2.86. The van der Waals surface area contributed by atoms with Crippen LogP contribution >= 0.6 is 27.7 Å². The molecule has 0 aliphatic carbocycles. The zero-order valence-electron chi connectivity index (χ0n) is 14.0. The van der Waals surface area contributed by atoms with Crippen LogP contribution in [-0.2, 0) is 11.3 Å². The van der Waals surface area contributed by atoms with E-state index in [0.29, 0.717) is 10.1 Å². The Morgan fingerprint density at radius 2 is 2.00 bits per heavy atom. The van der Waals surface area contributed by atoms with Crippen LogP contribution < -0.4 is 5.32 Å². The molecule has 1 aliphatic rings. The molecule has 1 aromatic heterocycles. The Balaban J connectivity index is 1.67. The summed E-state index contributed by atoms with van der Waals surface area (Å²) in [6.07, 6.45) is 3.75. The average molecular weight is 437 g/mol. The smallest absolute Gasteiger partial charge is 0.264 e. The third kappa shape index (κ3) is 3.68. The Morgan fingerprint density at radius 3 is 2.78 bits per heavy atom. The van der Waals surface area contributed by atoms with Gasteiger partial charge in [0.1, 0.15) is 6.54 Å². The lowest BCUT2D eigenvalue weighted by Gasteiger charge is -1.96. The van der Waals surface area contributed by atoms with Crippen LogP contribution in [0.4, 0.5) is 5.69 Å². The van der Waals surface area contributed by atoms with Crippen LogP contribution in [0.15, 0.2) is 69.1 Å². The van der Waals surface area contributed by atoms with Crippen molar-refractivity contribution in [2.24, 2.45) is 4.99 Å². The highest BCUT2D eigenvalue weighted by Gasteiger charge is 2.24. The Labute approximate surface area is 168 Å². The van der Waals surface area contributed by atoms with E-state index >= 15 is 0 Å². The minimum atomic E-state index is -0.173. The van der Waals surface area contributed by atoms with Crippen LogP contribution in [-0.4, -0.2) is 15.6 Å². The molecule has 0 spiro atoms. The lowest BCUT2D eigenvalue weighted by molar-refractivity contribution is -0.115. The largest absolute Gasteiger partial charge is 0.333 e. The van der Waals surface area contributed by atoms with E-state index in [0.717, 1.165) is 26.6 Å². The number of hydrogen-bond donors (Lipinski definition) is 1. The molecule has 0 unspecified atom stereocenters. The van der Waals surface area contributed by atoms with Crippen LogP contribution in [0, 0.1) is 11.3 Å². The number of nitriles is 1. The normalized spacial score (nSPS) is 16.8. The van der Waals surface area contributed by atoms with Crippen LogP contribution in [0.1, 0.15) is 5.56 Å². The van der Waals surface area contributed by atoms with Crippen LogP contribution in [0.2, 0.25) is 0 Å². The van der Waals surface area contributed by atoms with Crippen LogP contribution in [0.5, 0.6) is 0 Å². The number of rotatable bonds is 3. The van der Waals surface area contributed by atoms with Crippen molar-refractivity contribution >= 4 is 61.4 Å². The van der Waals surface area contributed by atoms with Crippen molar-refractivity contribution in [2.45, 2.75) is 6.54 Å². The molecule has 5 nitrogen and oxygen atoms in total. The zero-order valence-corrected chi connectivity index (χ0v) is 16.4. The summed E-state index contributed by atoms with van der Waals surface area (Å²) in [7, 11) is 0. The van der Waals surface area contributed by atoms with Gasteiger partial charge < -0.3 is 9.88 Å². The summed E-state index contributed by atoms with van der Waals surface area (Å²) in [6.45, 7) is 0.263. The van der Waals surface area contributed by atoms with Gasteiger partial charge in [-0.2, -0.15) is 5.26 Å². The zero-order chi connectivity index (χ0) is 18.8. The highest BCUT2D eigenvalue weighted by atomic mass is 79.9. The maximum absolute atomic E-state index is 12.4. The lowest BCUT2D eigenvalue weighted by Crippen LogP contribution is -2.19. The van der Waals surface area contributed by atoms with Crippen LogP contribution in [0.25, 0.3) is 17.0 Å². The van der Waals surface area contributed by atoms with E-state index in [1.54, 1.807) is 0 Å². The summed E-state index contributed by atoms with van der Waals surface area (Å²) in [5, 5.41) is 13.4. The second-order valence-corrected chi connectivity index (χ2v) is 7.79. The van der Waals surface area contributed by atoms with Gasteiger partial charge >= 0.3 is 0 Å². The molecule has 4 rings (SSSR count). The van der Waals surface area contributed by atoms with Crippen molar-refractivity contribution in [3.8, 4) is 6.07 Å². The van der Waals surface area contributed by atoms with E-state index in [2.05, 4.69) is 32.3 Å². The standard InChI is InChI=1S/C20H13BrN4OS/c21-14-5-7-15(8-6-14)23-20-24-19(26)18(27-20)11-13-12-25(10-9-22)17-4-2-1-3-16(13)17/h1-8,11-12H,10H2,(H,23,24,26)/b18-11-. The second kappa shape index (κ2) is 7.43. The topological polar surface area (TPSA) is 70.2 Å². The van der Waals surface area contributed by atoms with E-state index in [-0.39, 0.29) is 12.5 Å². The molecule has 1 fully saturated rings. The van der Waals surface area contributed by atoms with Crippen molar-refractivity contribution in [2.75, 3.05) is 0 Å². The summed E-state index contributed by atoms with van der Waals surface area (Å²) in [5.41, 5.74) is 2.65. The molecular formula is C20H13BrN4OS. The quantitative estimate of drug-likeness (QED) is 0.598. The number of para-hydroxylation sites is 1. The number of amidine groups is 1. The number of thioether (sulfide) groups is 1. The van der Waals surface area contributed by atoms with Gasteiger partial charge in [0, 0.05) is 27.1 Å². The summed E-state index contributed by atoms with van der Waals surface area (Å²) in [4.78, 5) is 17.4. The molecule has 0 saturated carbocycles. The predicted molar refractivity (Wildman–Crippen MR) is 112 cm³/mol. The maximum Gasteiger partial charge on any atom is 0.264 e. The number of benzene rings is 2. The Bertz CT molecular complexity index is 1140. The molecule has 27 heavy (non-hydrogen) atoms. The van der Waals surface area contributed by atoms with Gasteiger partial charge in [-0.25, -0.2) is 4.99 Å². The van der Waals surface area contributed by atoms with Gasteiger partial charge in [0.05, 0.1) is 16.7 Å². The number of nitrogens with zero attached hydrogens (tertiary/aromatic N) is 3. The molecule has 0 atom stereocenters. The Hall–Kier alpha value is -2.82. The third-order valence-electron chi connectivity index (χ3n) is 4.06. The molecular weight excluding hydrogens is 424 g/mol. The van der Waals surface area contributed by atoms with E-state index < -0.39 is 0 Å². The van der Waals surface area contributed by atoms with Gasteiger partial charge in [0.2, 0.25) is 0 Å². The number of nitrogens with one attached hydrogen (secondary N) is 1. The number of carbonyl (C=O) groups excluding carboxylic acids is 1. The molecule has 1 saturated heterocycles. The van der Waals surface area contributed by atoms with Crippen LogP contribution in [0.3, 0.4) is 0 Å². The molecule has 1 N–H and O–H groups in total. The first-order chi connectivity index (χ1) is 13.1. The van der Waals surface area contributed by atoms with Gasteiger partial charge in [0.25, 0.3) is 5.91 Å². The van der Waals surface area contributed by atoms with E-state index in [9.17, 15) is 4.79 Å². The lowest BCUT2D eigenvalue weighted by atomic mass is 10.1. The molecule has 7 heteroatoms. The molecule has 132 valence electrons. The van der Waals surface area contributed by atoms with Crippen molar-refractivity contribution < 1.29 is 4.79 Å². The second-order valence-electron chi connectivity index (χ2n) is 5.85. The monoisotopic (exact) mass is 436 g/mol. The molecule has 1 amide bonds. The van der Waals surface area contributed by atoms with Crippen molar-refractivity contribution in [3.63, 3.8) is 0 Å². The van der Waals surface area contributed by atoms with Gasteiger partial charge in [-0.3, -0.25) is 4.79 Å². The van der Waals surface area contributed by atoms with Crippen molar-refractivity contribution in [1.29, 1.82) is 5.26 Å². The van der Waals surface area contributed by atoms with Gasteiger partial charge in [0.15, 0.2) is 5.17 Å². The SMILES string of the molecule is N#CCn1cc(/C=C2\SC(=Nc3ccc(Br)cc3)NC2=O)c2ccccc21. The third-order valence-corrected chi connectivity index (χ3v) is 5.49. The van der Waals surface area contributed by atoms with Crippen molar-refractivity contribution in [1.82, 2.24) is 9.88 Å². The first kappa shape index (κ1) is 17.6. The van der Waals surface area contributed by atoms with Gasteiger partial charge in [-0.15, -0.1) is 0 Å². The number of hydrogen-bond acceptors (Lipinski definition) is 4. The molecule has 0 radical (unpaired) electrons. The molecule has 2 aromatic carbocycles. The molecule has 0 bridgehead atoms. The molecule has 2 heterocycles. The summed E-state index contributed by atoms with van der Waals surface area (Å²) in [5.74, 6) is -0.173. The fourth-order valence-electron chi connectivity index (χ4n) is 2.85.